The first-order valence-electron chi connectivity index (χ1n) is 10.9. The second-order valence-corrected chi connectivity index (χ2v) is 8.84. The molecule has 8 heteroatoms. The van der Waals surface area contributed by atoms with Crippen LogP contribution in [0.3, 0.4) is 0 Å². The number of pyridine rings is 1. The van der Waals surface area contributed by atoms with Crippen LogP contribution in [0.1, 0.15) is 41.0 Å². The van der Waals surface area contributed by atoms with Gasteiger partial charge in [0, 0.05) is 58.4 Å². The van der Waals surface area contributed by atoms with E-state index in [1.165, 1.54) is 0 Å². The molecule has 2 saturated heterocycles. The lowest BCUT2D eigenvalue weighted by Crippen LogP contribution is -2.48. The standard InChI is InChI=1S/C22H32N6O2/c1-15-13-18(20-16(2)24-26(4)21(20)23-15)22(30)28-7-5-17(6-8-28)14-19(29)27-11-9-25(3)10-12-27/h13,17H,5-12,14H2,1-4H3. The highest BCUT2D eigenvalue weighted by Gasteiger charge is 2.29. The van der Waals surface area contributed by atoms with Crippen molar-refractivity contribution in [1.82, 2.24) is 29.5 Å². The van der Waals surface area contributed by atoms with Gasteiger partial charge in [-0.3, -0.25) is 14.3 Å². The first-order chi connectivity index (χ1) is 14.3. The largest absolute Gasteiger partial charge is 0.340 e. The number of nitrogens with zero attached hydrogens (tertiary/aromatic N) is 6. The minimum Gasteiger partial charge on any atom is -0.340 e. The number of rotatable bonds is 3. The molecule has 4 rings (SSSR count). The average molecular weight is 413 g/mol. The normalized spacial score (nSPS) is 18.9. The summed E-state index contributed by atoms with van der Waals surface area (Å²) < 4.78 is 1.74. The van der Waals surface area contributed by atoms with Gasteiger partial charge in [-0.25, -0.2) is 4.98 Å². The zero-order valence-electron chi connectivity index (χ0n) is 18.5. The molecule has 0 spiro atoms. The van der Waals surface area contributed by atoms with Crippen molar-refractivity contribution in [3.05, 3.63) is 23.0 Å². The van der Waals surface area contributed by atoms with E-state index in [4.69, 9.17) is 0 Å². The van der Waals surface area contributed by atoms with E-state index in [0.29, 0.717) is 31.0 Å². The van der Waals surface area contributed by atoms with Crippen molar-refractivity contribution in [3.63, 3.8) is 0 Å². The lowest BCUT2D eigenvalue weighted by molar-refractivity contribution is -0.134. The molecule has 2 aromatic rings. The zero-order chi connectivity index (χ0) is 21.4. The molecule has 0 bridgehead atoms. The van der Waals surface area contributed by atoms with Crippen molar-refractivity contribution in [1.29, 1.82) is 0 Å². The topological polar surface area (TPSA) is 74.6 Å². The maximum Gasteiger partial charge on any atom is 0.254 e. The number of piperidine rings is 1. The first-order valence-corrected chi connectivity index (χ1v) is 10.9. The van der Waals surface area contributed by atoms with E-state index < -0.39 is 0 Å². The molecule has 0 unspecified atom stereocenters. The van der Waals surface area contributed by atoms with Gasteiger partial charge in [-0.2, -0.15) is 5.10 Å². The van der Waals surface area contributed by atoms with Crippen LogP contribution in [0.15, 0.2) is 6.07 Å². The highest BCUT2D eigenvalue weighted by atomic mass is 16.2. The Morgan fingerprint density at radius 3 is 2.33 bits per heavy atom. The van der Waals surface area contributed by atoms with Crippen molar-refractivity contribution in [2.45, 2.75) is 33.1 Å². The van der Waals surface area contributed by atoms with Gasteiger partial charge in [-0.15, -0.1) is 0 Å². The molecule has 0 aromatic carbocycles. The molecule has 162 valence electrons. The van der Waals surface area contributed by atoms with Crippen LogP contribution >= 0.6 is 0 Å². The predicted octanol–water partition coefficient (Wildman–Crippen LogP) is 1.60. The third kappa shape index (κ3) is 4.05. The number of aryl methyl sites for hydroxylation is 3. The predicted molar refractivity (Wildman–Crippen MR) is 115 cm³/mol. The number of carbonyl (C=O) groups excluding carboxylic acids is 2. The van der Waals surface area contributed by atoms with E-state index in [0.717, 1.165) is 61.4 Å². The number of aromatic nitrogens is 3. The van der Waals surface area contributed by atoms with E-state index in [9.17, 15) is 9.59 Å². The maximum absolute atomic E-state index is 13.3. The molecule has 2 amide bonds. The van der Waals surface area contributed by atoms with Crippen LogP contribution in [0.5, 0.6) is 0 Å². The second kappa shape index (κ2) is 8.34. The number of amides is 2. The summed E-state index contributed by atoms with van der Waals surface area (Å²) in [7, 11) is 3.96. The van der Waals surface area contributed by atoms with Crippen LogP contribution < -0.4 is 0 Å². The summed E-state index contributed by atoms with van der Waals surface area (Å²) in [4.78, 5) is 36.7. The molecule has 4 heterocycles. The lowest BCUT2D eigenvalue weighted by Gasteiger charge is -2.35. The average Bonchev–Trinajstić information content (AvgIpc) is 3.01. The van der Waals surface area contributed by atoms with Gasteiger partial charge in [0.25, 0.3) is 5.91 Å². The molecule has 8 nitrogen and oxygen atoms in total. The van der Waals surface area contributed by atoms with Crippen molar-refractivity contribution in [3.8, 4) is 0 Å². The fourth-order valence-electron chi connectivity index (χ4n) is 4.68. The first kappa shape index (κ1) is 20.8. The van der Waals surface area contributed by atoms with Gasteiger partial charge in [0.15, 0.2) is 5.65 Å². The van der Waals surface area contributed by atoms with Gasteiger partial charge >= 0.3 is 0 Å². The summed E-state index contributed by atoms with van der Waals surface area (Å²) in [6, 6.07) is 1.88. The summed E-state index contributed by atoms with van der Waals surface area (Å²) in [5.74, 6) is 0.677. The van der Waals surface area contributed by atoms with Gasteiger partial charge in [0.1, 0.15) is 0 Å². The molecule has 0 saturated carbocycles. The number of carbonyl (C=O) groups is 2. The Balaban J connectivity index is 1.39. The van der Waals surface area contributed by atoms with Gasteiger partial charge in [0.05, 0.1) is 16.6 Å². The van der Waals surface area contributed by atoms with E-state index >= 15 is 0 Å². The SMILES string of the molecule is Cc1cc(C(=O)N2CCC(CC(=O)N3CCN(C)CC3)CC2)c2c(C)nn(C)c2n1. The molecule has 2 fully saturated rings. The summed E-state index contributed by atoms with van der Waals surface area (Å²) in [5, 5.41) is 5.30. The summed E-state index contributed by atoms with van der Waals surface area (Å²) in [5.41, 5.74) is 3.09. The van der Waals surface area contributed by atoms with Crippen molar-refractivity contribution in [2.24, 2.45) is 13.0 Å². The third-order valence-corrected chi connectivity index (χ3v) is 6.55. The smallest absolute Gasteiger partial charge is 0.254 e. The minimum atomic E-state index is 0.0467. The van der Waals surface area contributed by atoms with Crippen LogP contribution in [-0.4, -0.2) is 87.6 Å². The Kier molecular flexibility index (Phi) is 5.77. The molecule has 30 heavy (non-hydrogen) atoms. The van der Waals surface area contributed by atoms with Crippen molar-refractivity contribution in [2.75, 3.05) is 46.3 Å². The number of likely N-dealkylation sites (tertiary alicyclic amines) is 1. The molecular weight excluding hydrogens is 380 g/mol. The van der Waals surface area contributed by atoms with Gasteiger partial charge in [0.2, 0.25) is 5.91 Å². The van der Waals surface area contributed by atoms with E-state index in [1.807, 2.05) is 36.8 Å². The Morgan fingerprint density at radius 2 is 1.67 bits per heavy atom. The van der Waals surface area contributed by atoms with Gasteiger partial charge in [-0.1, -0.05) is 0 Å². The maximum atomic E-state index is 13.3. The van der Waals surface area contributed by atoms with Crippen LogP contribution in [0, 0.1) is 19.8 Å². The quantitative estimate of drug-likeness (QED) is 0.766. The minimum absolute atomic E-state index is 0.0467. The fraction of sp³-hybridized carbons (Fsp3) is 0.636. The lowest BCUT2D eigenvalue weighted by atomic mass is 9.92. The van der Waals surface area contributed by atoms with E-state index in [-0.39, 0.29) is 11.8 Å². The molecule has 0 atom stereocenters. The fourth-order valence-corrected chi connectivity index (χ4v) is 4.68. The Bertz CT molecular complexity index is 952. The van der Waals surface area contributed by atoms with Crippen LogP contribution in [0.4, 0.5) is 0 Å². The second-order valence-electron chi connectivity index (χ2n) is 8.84. The van der Waals surface area contributed by atoms with Crippen molar-refractivity contribution >= 4 is 22.8 Å². The monoisotopic (exact) mass is 412 g/mol. The Morgan fingerprint density at radius 1 is 1.00 bits per heavy atom. The van der Waals surface area contributed by atoms with Crippen LogP contribution in [0.25, 0.3) is 11.0 Å². The summed E-state index contributed by atoms with van der Waals surface area (Å²) in [6.07, 6.45) is 2.36. The number of likely N-dealkylation sites (N-methyl/N-ethyl adjacent to an activating group) is 1. The molecule has 2 aliphatic heterocycles. The Hall–Kier alpha value is -2.48. The number of hydrogen-bond donors (Lipinski definition) is 0. The highest BCUT2D eigenvalue weighted by molar-refractivity contribution is 6.06. The van der Waals surface area contributed by atoms with E-state index in [2.05, 4.69) is 22.0 Å². The van der Waals surface area contributed by atoms with E-state index in [1.54, 1.807) is 4.68 Å². The van der Waals surface area contributed by atoms with Crippen molar-refractivity contribution < 1.29 is 9.59 Å². The number of hydrogen-bond acceptors (Lipinski definition) is 5. The molecule has 2 aliphatic rings. The molecular formula is C22H32N6O2. The third-order valence-electron chi connectivity index (χ3n) is 6.55. The zero-order valence-corrected chi connectivity index (χ0v) is 18.5. The molecule has 2 aromatic heterocycles. The molecule has 0 radical (unpaired) electrons. The van der Waals surface area contributed by atoms with Crippen LogP contribution in [0.2, 0.25) is 0 Å². The number of piperazine rings is 1. The van der Waals surface area contributed by atoms with Crippen LogP contribution in [-0.2, 0) is 11.8 Å². The Labute approximate surface area is 177 Å². The summed E-state index contributed by atoms with van der Waals surface area (Å²) in [6.45, 7) is 8.78. The molecule has 0 N–H and O–H groups in total. The number of fused-ring (bicyclic) bond motifs is 1. The van der Waals surface area contributed by atoms with Gasteiger partial charge in [-0.05, 0) is 45.7 Å². The summed E-state index contributed by atoms with van der Waals surface area (Å²) >= 11 is 0. The highest BCUT2D eigenvalue weighted by Crippen LogP contribution is 2.27. The molecule has 0 aliphatic carbocycles. The van der Waals surface area contributed by atoms with Gasteiger partial charge < -0.3 is 14.7 Å².